The Morgan fingerprint density at radius 3 is 2.88 bits per heavy atom. The van der Waals surface area contributed by atoms with Crippen molar-refractivity contribution in [2.75, 3.05) is 12.3 Å². The molecule has 1 aliphatic carbocycles. The largest absolute Gasteiger partial charge is 0.398 e. The Labute approximate surface area is 106 Å². The summed E-state index contributed by atoms with van der Waals surface area (Å²) in [6.07, 6.45) is 5.00. The van der Waals surface area contributed by atoms with Crippen LogP contribution in [0.5, 0.6) is 0 Å². The molecule has 1 aromatic carbocycles. The quantitative estimate of drug-likeness (QED) is 0.810. The zero-order chi connectivity index (χ0) is 12.3. The highest BCUT2D eigenvalue weighted by Crippen LogP contribution is 2.29. The highest BCUT2D eigenvalue weighted by molar-refractivity contribution is 6.36. The van der Waals surface area contributed by atoms with Crippen molar-refractivity contribution < 1.29 is 4.79 Å². The van der Waals surface area contributed by atoms with E-state index in [2.05, 4.69) is 5.32 Å². The standard InChI is InChI=1S/C13H17ClN2O/c14-12-10(5-2-6-11(12)15)13(17)16-8-7-9-3-1-4-9/h2,5-6,9H,1,3-4,7-8,15H2,(H,16,17). The second-order valence-corrected chi connectivity index (χ2v) is 4.93. The van der Waals surface area contributed by atoms with E-state index in [-0.39, 0.29) is 5.91 Å². The van der Waals surface area contributed by atoms with Crippen LogP contribution in [0.25, 0.3) is 0 Å². The predicted molar refractivity (Wildman–Crippen MR) is 70.2 cm³/mol. The zero-order valence-corrected chi connectivity index (χ0v) is 10.5. The summed E-state index contributed by atoms with van der Waals surface area (Å²) < 4.78 is 0. The third kappa shape index (κ3) is 2.91. The first-order chi connectivity index (χ1) is 8.18. The van der Waals surface area contributed by atoms with Gasteiger partial charge in [0.1, 0.15) is 0 Å². The summed E-state index contributed by atoms with van der Waals surface area (Å²) in [4.78, 5) is 11.9. The lowest BCUT2D eigenvalue weighted by atomic mass is 9.83. The maximum atomic E-state index is 11.9. The van der Waals surface area contributed by atoms with Crippen molar-refractivity contribution in [3.05, 3.63) is 28.8 Å². The molecule has 0 unspecified atom stereocenters. The van der Waals surface area contributed by atoms with E-state index < -0.39 is 0 Å². The second kappa shape index (κ2) is 5.41. The van der Waals surface area contributed by atoms with Crippen molar-refractivity contribution in [3.63, 3.8) is 0 Å². The van der Waals surface area contributed by atoms with Gasteiger partial charge >= 0.3 is 0 Å². The van der Waals surface area contributed by atoms with E-state index in [1.165, 1.54) is 19.3 Å². The minimum absolute atomic E-state index is 0.137. The van der Waals surface area contributed by atoms with E-state index in [1.807, 2.05) is 0 Å². The van der Waals surface area contributed by atoms with Crippen molar-refractivity contribution in [2.24, 2.45) is 5.92 Å². The van der Waals surface area contributed by atoms with Gasteiger partial charge in [-0.05, 0) is 24.5 Å². The highest BCUT2D eigenvalue weighted by Gasteiger charge is 2.17. The van der Waals surface area contributed by atoms with Gasteiger partial charge in [0.2, 0.25) is 0 Å². The van der Waals surface area contributed by atoms with E-state index in [4.69, 9.17) is 17.3 Å². The van der Waals surface area contributed by atoms with Crippen molar-refractivity contribution in [3.8, 4) is 0 Å². The molecule has 3 N–H and O–H groups in total. The van der Waals surface area contributed by atoms with Gasteiger partial charge in [0.15, 0.2) is 0 Å². The Morgan fingerprint density at radius 2 is 2.24 bits per heavy atom. The molecular formula is C13H17ClN2O. The van der Waals surface area contributed by atoms with E-state index in [0.717, 1.165) is 12.3 Å². The maximum absolute atomic E-state index is 11.9. The fourth-order valence-corrected chi connectivity index (χ4v) is 2.20. The number of carbonyl (C=O) groups is 1. The molecule has 0 aliphatic heterocycles. The first-order valence-corrected chi connectivity index (χ1v) is 6.38. The third-order valence-corrected chi connectivity index (χ3v) is 3.76. The Morgan fingerprint density at radius 1 is 1.47 bits per heavy atom. The number of nitrogens with two attached hydrogens (primary N) is 1. The average molecular weight is 253 g/mol. The molecule has 0 aromatic heterocycles. The SMILES string of the molecule is Nc1cccc(C(=O)NCCC2CCC2)c1Cl. The molecule has 0 radical (unpaired) electrons. The fraction of sp³-hybridized carbons (Fsp3) is 0.462. The van der Waals surface area contributed by atoms with Crippen LogP contribution in [0.3, 0.4) is 0 Å². The molecule has 2 rings (SSSR count). The van der Waals surface area contributed by atoms with Crippen LogP contribution in [0.1, 0.15) is 36.0 Å². The summed E-state index contributed by atoms with van der Waals surface area (Å²) in [5.74, 6) is 0.660. The van der Waals surface area contributed by atoms with Crippen LogP contribution in [0.2, 0.25) is 5.02 Å². The predicted octanol–water partition coefficient (Wildman–Crippen LogP) is 2.84. The number of amides is 1. The second-order valence-electron chi connectivity index (χ2n) is 4.55. The van der Waals surface area contributed by atoms with Crippen LogP contribution in [-0.4, -0.2) is 12.5 Å². The number of hydrogen-bond donors (Lipinski definition) is 2. The lowest BCUT2D eigenvalue weighted by molar-refractivity contribution is 0.0949. The van der Waals surface area contributed by atoms with Crippen LogP contribution in [-0.2, 0) is 0 Å². The van der Waals surface area contributed by atoms with Crippen LogP contribution >= 0.6 is 11.6 Å². The summed E-state index contributed by atoms with van der Waals surface area (Å²) in [5, 5.41) is 3.23. The normalized spacial score (nSPS) is 15.4. The number of halogens is 1. The average Bonchev–Trinajstić information content (AvgIpc) is 2.25. The van der Waals surface area contributed by atoms with Gasteiger partial charge in [-0.15, -0.1) is 0 Å². The Hall–Kier alpha value is -1.22. The summed E-state index contributed by atoms with van der Waals surface area (Å²) in [6.45, 7) is 0.717. The molecular weight excluding hydrogens is 236 g/mol. The van der Waals surface area contributed by atoms with Gasteiger partial charge < -0.3 is 11.1 Å². The molecule has 4 heteroatoms. The molecule has 92 valence electrons. The van der Waals surface area contributed by atoms with E-state index in [0.29, 0.717) is 22.8 Å². The van der Waals surface area contributed by atoms with Crippen LogP contribution in [0.15, 0.2) is 18.2 Å². The van der Waals surface area contributed by atoms with E-state index in [9.17, 15) is 4.79 Å². The minimum atomic E-state index is -0.137. The molecule has 17 heavy (non-hydrogen) atoms. The van der Waals surface area contributed by atoms with Crippen LogP contribution in [0.4, 0.5) is 5.69 Å². The summed E-state index contributed by atoms with van der Waals surface area (Å²) in [6, 6.07) is 5.12. The number of nitrogen functional groups attached to an aromatic ring is 1. The molecule has 0 heterocycles. The smallest absolute Gasteiger partial charge is 0.252 e. The third-order valence-electron chi connectivity index (χ3n) is 3.34. The maximum Gasteiger partial charge on any atom is 0.252 e. The molecule has 1 saturated carbocycles. The monoisotopic (exact) mass is 252 g/mol. The van der Waals surface area contributed by atoms with Gasteiger partial charge in [0.25, 0.3) is 5.91 Å². The summed E-state index contributed by atoms with van der Waals surface area (Å²) >= 11 is 5.98. The van der Waals surface area contributed by atoms with Gasteiger partial charge in [-0.1, -0.05) is 36.9 Å². The zero-order valence-electron chi connectivity index (χ0n) is 9.71. The number of nitrogens with one attached hydrogen (secondary N) is 1. The lowest BCUT2D eigenvalue weighted by Crippen LogP contribution is -2.27. The van der Waals surface area contributed by atoms with Crippen molar-refractivity contribution in [1.82, 2.24) is 5.32 Å². The number of benzene rings is 1. The van der Waals surface area contributed by atoms with Gasteiger partial charge in [0.05, 0.1) is 16.3 Å². The number of rotatable bonds is 4. The van der Waals surface area contributed by atoms with Crippen molar-refractivity contribution in [2.45, 2.75) is 25.7 Å². The topological polar surface area (TPSA) is 55.1 Å². The lowest BCUT2D eigenvalue weighted by Gasteiger charge is -2.25. The van der Waals surface area contributed by atoms with E-state index in [1.54, 1.807) is 18.2 Å². The minimum Gasteiger partial charge on any atom is -0.398 e. The summed E-state index contributed by atoms with van der Waals surface area (Å²) in [7, 11) is 0. The Kier molecular flexibility index (Phi) is 3.89. The van der Waals surface area contributed by atoms with Crippen LogP contribution < -0.4 is 11.1 Å². The molecule has 0 bridgehead atoms. The fourth-order valence-electron chi connectivity index (χ4n) is 1.99. The molecule has 1 aromatic rings. The number of carbonyl (C=O) groups excluding carboxylic acids is 1. The van der Waals surface area contributed by atoms with Gasteiger partial charge in [-0.2, -0.15) is 0 Å². The number of hydrogen-bond acceptors (Lipinski definition) is 2. The van der Waals surface area contributed by atoms with Gasteiger partial charge in [0, 0.05) is 6.54 Å². The van der Waals surface area contributed by atoms with E-state index >= 15 is 0 Å². The first kappa shape index (κ1) is 12.2. The first-order valence-electron chi connectivity index (χ1n) is 6.00. The molecule has 1 fully saturated rings. The number of anilines is 1. The molecule has 0 saturated heterocycles. The van der Waals surface area contributed by atoms with Gasteiger partial charge in [-0.3, -0.25) is 4.79 Å². The summed E-state index contributed by atoms with van der Waals surface area (Å²) in [5.41, 5.74) is 6.56. The van der Waals surface area contributed by atoms with Crippen molar-refractivity contribution >= 4 is 23.2 Å². The Bertz CT molecular complexity index is 416. The molecule has 1 aliphatic rings. The van der Waals surface area contributed by atoms with Crippen molar-refractivity contribution in [1.29, 1.82) is 0 Å². The highest BCUT2D eigenvalue weighted by atomic mass is 35.5. The molecule has 3 nitrogen and oxygen atoms in total. The molecule has 1 amide bonds. The van der Waals surface area contributed by atoms with Crippen LogP contribution in [0, 0.1) is 5.92 Å². The van der Waals surface area contributed by atoms with Gasteiger partial charge in [-0.25, -0.2) is 0 Å². The molecule has 0 atom stereocenters. The Balaban J connectivity index is 1.87. The molecule has 0 spiro atoms.